The number of allylic oxidation sites excluding steroid dienone is 3. The molecule has 0 saturated carbocycles. The molecule has 314 valence electrons. The van der Waals surface area contributed by atoms with Gasteiger partial charge in [0.05, 0.1) is 46.6 Å². The van der Waals surface area contributed by atoms with E-state index in [1.165, 1.54) is 31.1 Å². The Morgan fingerprint density at radius 3 is 1.98 bits per heavy atom. The van der Waals surface area contributed by atoms with Crippen LogP contribution in [0.15, 0.2) is 90.6 Å². The van der Waals surface area contributed by atoms with Crippen molar-refractivity contribution in [2.24, 2.45) is 5.10 Å². The fourth-order valence-corrected chi connectivity index (χ4v) is 7.60. The second kappa shape index (κ2) is 18.6. The van der Waals surface area contributed by atoms with Gasteiger partial charge in [0.1, 0.15) is 9.79 Å². The smallest absolute Gasteiger partial charge is 0.296 e. The van der Waals surface area contributed by atoms with Crippen LogP contribution in [0.4, 0.5) is 5.69 Å². The molecule has 7 N–H and O–H groups in total. The van der Waals surface area contributed by atoms with E-state index in [1.54, 1.807) is 0 Å². The highest BCUT2D eigenvalue weighted by Gasteiger charge is 2.37. The number of amides is 4. The molecule has 0 atom stereocenters. The average Bonchev–Trinajstić information content (AvgIpc) is 3.88. The lowest BCUT2D eigenvalue weighted by Gasteiger charge is -2.17. The summed E-state index contributed by atoms with van der Waals surface area (Å²) in [5.74, 6) is -4.13. The van der Waals surface area contributed by atoms with Crippen LogP contribution in [0, 0.1) is 0 Å². The Bertz CT molecular complexity index is 2550. The fraction of sp³-hybridized carbons (Fsp3) is 0.161. The van der Waals surface area contributed by atoms with Crippen molar-refractivity contribution in [3.63, 3.8) is 0 Å². The molecule has 1 saturated heterocycles. The topological polar surface area (TPSA) is 335 Å². The van der Waals surface area contributed by atoms with Crippen LogP contribution in [0.5, 0.6) is 5.88 Å². The molecule has 0 spiro atoms. The Morgan fingerprint density at radius 1 is 0.881 bits per heavy atom. The van der Waals surface area contributed by atoms with Crippen molar-refractivity contribution in [3.8, 4) is 11.6 Å². The number of carbonyl (C=O) groups is 4. The van der Waals surface area contributed by atoms with Gasteiger partial charge in [-0.25, -0.2) is 10.5 Å². The fourth-order valence-electron chi connectivity index (χ4n) is 5.51. The summed E-state index contributed by atoms with van der Waals surface area (Å²) in [5, 5.41) is 48.8. The lowest BCUT2D eigenvalue weighted by atomic mass is 10.1. The van der Waals surface area contributed by atoms with E-state index in [1.807, 2.05) is 0 Å². The number of benzene rings is 2. The largest absolute Gasteiger partial charge is 0.493 e. The Morgan fingerprint density at radius 2 is 1.46 bits per heavy atom. The SMILES string of the molecule is CNC(=O)C1=NN(c2cc(SOOO)ccc2S(=O)(=O)O)C(=O)\C1=C/C=C(\C=C/c1c(C(=O)NC)nn(-c2cc(SOOO)ccc2S(=O)(=O)O)c1O)N1CCCC1=O. The summed E-state index contributed by atoms with van der Waals surface area (Å²) in [6, 6.07) is 6.17. The summed E-state index contributed by atoms with van der Waals surface area (Å²) < 4.78 is 78.4. The van der Waals surface area contributed by atoms with E-state index < -0.39 is 87.9 Å². The van der Waals surface area contributed by atoms with Crippen LogP contribution in [-0.4, -0.2) is 106 Å². The first-order valence-electron chi connectivity index (χ1n) is 16.1. The number of anilines is 1. The number of nitrogens with one attached hydrogen (secondary N) is 2. The van der Waals surface area contributed by atoms with Gasteiger partial charge in [-0.1, -0.05) is 10.1 Å². The van der Waals surface area contributed by atoms with Gasteiger partial charge >= 0.3 is 0 Å². The molecule has 3 heterocycles. The first-order valence-corrected chi connectivity index (χ1v) is 20.4. The third kappa shape index (κ3) is 9.86. The minimum Gasteiger partial charge on any atom is -0.493 e. The monoisotopic (exact) mass is 899 g/mol. The Balaban J connectivity index is 1.66. The molecule has 0 radical (unpaired) electrons. The predicted molar refractivity (Wildman–Crippen MR) is 201 cm³/mol. The summed E-state index contributed by atoms with van der Waals surface area (Å²) in [5.41, 5.74) is -2.83. The highest BCUT2D eigenvalue weighted by Crippen LogP contribution is 2.36. The van der Waals surface area contributed by atoms with Crippen LogP contribution in [0.3, 0.4) is 0 Å². The zero-order valence-corrected chi connectivity index (χ0v) is 33.2. The van der Waals surface area contributed by atoms with Gasteiger partial charge in [-0.3, -0.25) is 28.3 Å². The molecule has 0 aliphatic carbocycles. The van der Waals surface area contributed by atoms with Gasteiger partial charge in [0, 0.05) is 42.5 Å². The maximum absolute atomic E-state index is 13.9. The number of hydrazone groups is 1. The molecule has 2 aliphatic rings. The van der Waals surface area contributed by atoms with E-state index in [-0.39, 0.29) is 34.0 Å². The van der Waals surface area contributed by atoms with Gasteiger partial charge in [0.15, 0.2) is 11.4 Å². The van der Waals surface area contributed by atoms with Crippen molar-refractivity contribution in [2.75, 3.05) is 25.6 Å². The predicted octanol–water partition coefficient (Wildman–Crippen LogP) is 1.88. The van der Waals surface area contributed by atoms with Crippen molar-refractivity contribution >= 4 is 85.4 Å². The molecule has 2 aromatic carbocycles. The number of hydrogen-bond acceptors (Lipinski definition) is 19. The average molecular weight is 900 g/mol. The molecule has 0 bridgehead atoms. The van der Waals surface area contributed by atoms with Gasteiger partial charge in [-0.05, 0) is 67.1 Å². The van der Waals surface area contributed by atoms with Crippen LogP contribution < -0.4 is 15.6 Å². The van der Waals surface area contributed by atoms with Gasteiger partial charge in [0.2, 0.25) is 11.8 Å². The van der Waals surface area contributed by atoms with E-state index >= 15 is 0 Å². The third-order valence-electron chi connectivity index (χ3n) is 8.08. The molecule has 3 aromatic rings. The van der Waals surface area contributed by atoms with Crippen LogP contribution in [-0.2, 0) is 53.4 Å². The van der Waals surface area contributed by atoms with Gasteiger partial charge in [-0.15, -0.1) is 8.67 Å². The lowest BCUT2D eigenvalue weighted by molar-refractivity contribution is -0.432. The molecule has 4 amide bonds. The van der Waals surface area contributed by atoms with Crippen molar-refractivity contribution in [1.82, 2.24) is 25.3 Å². The number of likely N-dealkylation sites (tertiary alicyclic amines) is 1. The molecule has 2 aliphatic heterocycles. The van der Waals surface area contributed by atoms with Crippen LogP contribution in [0.1, 0.15) is 28.9 Å². The molecule has 1 fully saturated rings. The minimum atomic E-state index is -5.01. The quantitative estimate of drug-likeness (QED) is 0.0269. The molecule has 59 heavy (non-hydrogen) atoms. The maximum atomic E-state index is 13.9. The molecular formula is C31H29N7O17S4. The van der Waals surface area contributed by atoms with E-state index in [4.69, 9.17) is 10.5 Å². The second-order valence-corrected chi connectivity index (χ2v) is 15.9. The van der Waals surface area contributed by atoms with Gasteiger partial charge < -0.3 is 20.6 Å². The van der Waals surface area contributed by atoms with Crippen molar-refractivity contribution in [2.45, 2.75) is 32.4 Å². The number of carbonyl (C=O) groups excluding carboxylic acids is 4. The van der Waals surface area contributed by atoms with Gasteiger partial charge in [-0.2, -0.15) is 36.7 Å². The number of aromatic hydroxyl groups is 1. The summed E-state index contributed by atoms with van der Waals surface area (Å²) >= 11 is 0.775. The summed E-state index contributed by atoms with van der Waals surface area (Å²) in [6.45, 7) is 0.145. The molecule has 28 heteroatoms. The maximum Gasteiger partial charge on any atom is 0.296 e. The van der Waals surface area contributed by atoms with Crippen molar-refractivity contribution in [3.05, 3.63) is 77.2 Å². The highest BCUT2D eigenvalue weighted by atomic mass is 32.2. The minimum absolute atomic E-state index is 0.00821. The van der Waals surface area contributed by atoms with Crippen LogP contribution >= 0.6 is 24.1 Å². The molecule has 1 aromatic heterocycles. The first-order chi connectivity index (χ1) is 27.9. The van der Waals surface area contributed by atoms with Crippen molar-refractivity contribution < 1.29 is 79.5 Å². The Kier molecular flexibility index (Phi) is 14.1. The zero-order chi connectivity index (χ0) is 43.2. The first kappa shape index (κ1) is 44.6. The molecule has 0 unspecified atom stereocenters. The standard InChI is InChI=1S/C31H29N7O17S4/c1-32-28(40)26-19(30(42)37(34-26)21-14-17(56-54-52-44)7-11-23(21)58(46,47)48)9-5-16(36-13-3-4-25(36)39)6-10-20-27(29(41)33-2)35-38(31(20)43)22-15-18(57-55-53-45)8-12-24(22)59(49,50)51/h5-12,14-15,42,44-45H,3-4,13H2,1-2H3,(H,32,40)(H,33,41)(H,46,47,48)(H,49,50,51)/b9-5-,16-6+,20-10-. The van der Waals surface area contributed by atoms with E-state index in [0.29, 0.717) is 40.2 Å². The Labute approximate surface area is 341 Å². The second-order valence-electron chi connectivity index (χ2n) is 11.5. The normalized spacial score (nSPS) is 15.8. The van der Waals surface area contributed by atoms with Crippen molar-refractivity contribution in [1.29, 1.82) is 0 Å². The number of nitrogens with zero attached hydrogens (tertiary/aromatic N) is 5. The molecule has 5 rings (SSSR count). The van der Waals surface area contributed by atoms with Crippen LogP contribution in [0.25, 0.3) is 11.8 Å². The van der Waals surface area contributed by atoms with E-state index in [0.717, 1.165) is 48.6 Å². The Hall–Kier alpha value is -5.50. The lowest BCUT2D eigenvalue weighted by Crippen LogP contribution is -2.29. The molecular weight excluding hydrogens is 871 g/mol. The zero-order valence-electron chi connectivity index (χ0n) is 29.9. The summed E-state index contributed by atoms with van der Waals surface area (Å²) in [4.78, 5) is 52.7. The van der Waals surface area contributed by atoms with Crippen LogP contribution in [0.2, 0.25) is 0 Å². The number of hydrogen-bond donors (Lipinski definition) is 7. The number of rotatable bonds is 16. The van der Waals surface area contributed by atoms with Gasteiger partial charge in [0.25, 0.3) is 38.0 Å². The number of aromatic nitrogens is 2. The third-order valence-corrected chi connectivity index (χ3v) is 11.0. The summed E-state index contributed by atoms with van der Waals surface area (Å²) in [7, 11) is -7.55. The highest BCUT2D eigenvalue weighted by molar-refractivity contribution is 7.94. The summed E-state index contributed by atoms with van der Waals surface area (Å²) in [6.07, 6.45) is 5.13. The van der Waals surface area contributed by atoms with E-state index in [2.05, 4.69) is 39.6 Å². The van der Waals surface area contributed by atoms with E-state index in [9.17, 15) is 50.2 Å². The molecule has 24 nitrogen and oxygen atoms in total.